The molecule has 0 saturated heterocycles. The minimum absolute atomic E-state index is 0.0956. The van der Waals surface area contributed by atoms with Crippen LogP contribution in [0.5, 0.6) is 0 Å². The van der Waals surface area contributed by atoms with Crippen molar-refractivity contribution >= 4 is 21.7 Å². The van der Waals surface area contributed by atoms with E-state index in [2.05, 4.69) is 15.9 Å². The highest BCUT2D eigenvalue weighted by molar-refractivity contribution is 9.10. The number of Topliss-reactive ketones (excluding diaryl/α,β-unsaturated/α-hetero) is 1. The summed E-state index contributed by atoms with van der Waals surface area (Å²) in [5, 5.41) is 0. The van der Waals surface area contributed by atoms with Crippen molar-refractivity contribution in [2.24, 2.45) is 0 Å². The van der Waals surface area contributed by atoms with Crippen LogP contribution in [0, 0.1) is 0 Å². The quantitative estimate of drug-likeness (QED) is 0.810. The highest BCUT2D eigenvalue weighted by Crippen LogP contribution is 2.16. The van der Waals surface area contributed by atoms with E-state index in [1.165, 1.54) is 0 Å². The fourth-order valence-electron chi connectivity index (χ4n) is 1.76. The number of halogens is 1. The molecular weight excluding hydrogens is 304 g/mol. The van der Waals surface area contributed by atoms with E-state index in [0.717, 1.165) is 15.6 Å². The molecule has 2 aromatic carbocycles. The largest absolute Gasteiger partial charge is 0.369 e. The smallest absolute Gasteiger partial charge is 0.162 e. The molecule has 0 atom stereocenters. The predicted molar refractivity (Wildman–Crippen MR) is 79.0 cm³/mol. The van der Waals surface area contributed by atoms with Crippen molar-refractivity contribution in [2.45, 2.75) is 13.0 Å². The van der Waals surface area contributed by atoms with E-state index in [0.29, 0.717) is 13.0 Å². The zero-order chi connectivity index (χ0) is 13.5. The van der Waals surface area contributed by atoms with Gasteiger partial charge in [-0.15, -0.1) is 0 Å². The summed E-state index contributed by atoms with van der Waals surface area (Å²) in [7, 11) is 0. The van der Waals surface area contributed by atoms with E-state index in [1.54, 1.807) is 0 Å². The van der Waals surface area contributed by atoms with E-state index in [9.17, 15) is 4.79 Å². The van der Waals surface area contributed by atoms with Crippen LogP contribution in [0.25, 0.3) is 0 Å². The van der Waals surface area contributed by atoms with Gasteiger partial charge in [0.25, 0.3) is 0 Å². The standard InChI is InChI=1S/C16H15BrO2/c17-16-9-5-4-8-14(16)11-19-12-15(18)10-13-6-2-1-3-7-13/h1-9H,10-12H2. The molecule has 2 rings (SSSR count). The Kier molecular flexibility index (Phi) is 5.31. The van der Waals surface area contributed by atoms with Gasteiger partial charge >= 0.3 is 0 Å². The summed E-state index contributed by atoms with van der Waals surface area (Å²) in [6.45, 7) is 0.595. The van der Waals surface area contributed by atoms with Crippen molar-refractivity contribution in [1.29, 1.82) is 0 Å². The van der Waals surface area contributed by atoms with Crippen LogP contribution in [0.2, 0.25) is 0 Å². The normalized spacial score (nSPS) is 10.4. The Balaban J connectivity index is 1.77. The van der Waals surface area contributed by atoms with Crippen LogP contribution in [0.1, 0.15) is 11.1 Å². The van der Waals surface area contributed by atoms with Crippen LogP contribution in [-0.2, 0) is 22.6 Å². The molecule has 0 aliphatic rings. The van der Waals surface area contributed by atoms with Gasteiger partial charge in [-0.05, 0) is 17.2 Å². The van der Waals surface area contributed by atoms with Gasteiger partial charge in [-0.25, -0.2) is 0 Å². The first-order valence-electron chi connectivity index (χ1n) is 6.12. The minimum atomic E-state index is 0.0956. The Hall–Kier alpha value is -1.45. The Morgan fingerprint density at radius 1 is 1.00 bits per heavy atom. The van der Waals surface area contributed by atoms with Gasteiger partial charge in [0.05, 0.1) is 6.61 Å². The van der Waals surface area contributed by atoms with E-state index >= 15 is 0 Å². The molecule has 0 N–H and O–H groups in total. The fourth-order valence-corrected chi connectivity index (χ4v) is 2.16. The lowest BCUT2D eigenvalue weighted by atomic mass is 10.1. The number of hydrogen-bond acceptors (Lipinski definition) is 2. The molecule has 0 radical (unpaired) electrons. The molecule has 0 heterocycles. The number of carbonyl (C=O) groups is 1. The van der Waals surface area contributed by atoms with Gasteiger partial charge < -0.3 is 4.74 Å². The van der Waals surface area contributed by atoms with Crippen molar-refractivity contribution < 1.29 is 9.53 Å². The molecule has 0 saturated carbocycles. The van der Waals surface area contributed by atoms with Crippen LogP contribution in [0.3, 0.4) is 0 Å². The molecule has 0 fully saturated rings. The van der Waals surface area contributed by atoms with E-state index < -0.39 is 0 Å². The lowest BCUT2D eigenvalue weighted by Crippen LogP contribution is -2.11. The number of ether oxygens (including phenoxy) is 1. The molecular formula is C16H15BrO2. The maximum Gasteiger partial charge on any atom is 0.162 e. The minimum Gasteiger partial charge on any atom is -0.369 e. The third-order valence-corrected chi connectivity index (χ3v) is 3.50. The second kappa shape index (κ2) is 7.22. The number of benzene rings is 2. The number of rotatable bonds is 6. The lowest BCUT2D eigenvalue weighted by Gasteiger charge is -2.06. The molecule has 0 unspecified atom stereocenters. The highest BCUT2D eigenvalue weighted by atomic mass is 79.9. The molecule has 0 spiro atoms. The monoisotopic (exact) mass is 318 g/mol. The van der Waals surface area contributed by atoms with Gasteiger partial charge in [0.15, 0.2) is 5.78 Å². The molecule has 2 nitrogen and oxygen atoms in total. The summed E-state index contributed by atoms with van der Waals surface area (Å²) < 4.78 is 6.46. The summed E-state index contributed by atoms with van der Waals surface area (Å²) >= 11 is 3.45. The average molecular weight is 319 g/mol. The summed E-state index contributed by atoms with van der Waals surface area (Å²) in [5.41, 5.74) is 2.08. The van der Waals surface area contributed by atoms with E-state index in [4.69, 9.17) is 4.74 Å². The predicted octanol–water partition coefficient (Wildman–Crippen LogP) is 3.78. The second-order valence-electron chi connectivity index (χ2n) is 4.29. The molecule has 0 aliphatic carbocycles. The van der Waals surface area contributed by atoms with Gasteiger partial charge in [0.2, 0.25) is 0 Å². The van der Waals surface area contributed by atoms with Gasteiger partial charge in [0, 0.05) is 10.9 Å². The summed E-state index contributed by atoms with van der Waals surface area (Å²) in [4.78, 5) is 11.8. The third kappa shape index (κ3) is 4.62. The van der Waals surface area contributed by atoms with Crippen LogP contribution in [0.15, 0.2) is 59.1 Å². The van der Waals surface area contributed by atoms with Crippen LogP contribution in [0.4, 0.5) is 0 Å². The topological polar surface area (TPSA) is 26.3 Å². The fraction of sp³-hybridized carbons (Fsp3) is 0.188. The molecule has 19 heavy (non-hydrogen) atoms. The van der Waals surface area contributed by atoms with Crippen molar-refractivity contribution in [1.82, 2.24) is 0 Å². The van der Waals surface area contributed by atoms with Crippen molar-refractivity contribution in [3.8, 4) is 0 Å². The lowest BCUT2D eigenvalue weighted by molar-refractivity contribution is -0.123. The number of ketones is 1. The van der Waals surface area contributed by atoms with Gasteiger partial charge in [-0.2, -0.15) is 0 Å². The van der Waals surface area contributed by atoms with E-state index in [-0.39, 0.29) is 12.4 Å². The summed E-state index contributed by atoms with van der Waals surface area (Å²) in [5.74, 6) is 0.0956. The average Bonchev–Trinajstić information content (AvgIpc) is 2.42. The van der Waals surface area contributed by atoms with Crippen molar-refractivity contribution in [3.63, 3.8) is 0 Å². The van der Waals surface area contributed by atoms with E-state index in [1.807, 2.05) is 54.6 Å². The Morgan fingerprint density at radius 3 is 2.42 bits per heavy atom. The summed E-state index contributed by atoms with van der Waals surface area (Å²) in [6, 6.07) is 17.6. The maximum atomic E-state index is 11.8. The van der Waals surface area contributed by atoms with Crippen molar-refractivity contribution in [3.05, 3.63) is 70.2 Å². The van der Waals surface area contributed by atoms with Gasteiger partial charge in [-0.3, -0.25) is 4.79 Å². The molecule has 0 aliphatic heterocycles. The Bertz CT molecular complexity index is 537. The Morgan fingerprint density at radius 2 is 1.68 bits per heavy atom. The molecule has 98 valence electrons. The highest BCUT2D eigenvalue weighted by Gasteiger charge is 2.05. The second-order valence-corrected chi connectivity index (χ2v) is 5.14. The third-order valence-electron chi connectivity index (χ3n) is 2.72. The zero-order valence-corrected chi connectivity index (χ0v) is 12.1. The maximum absolute atomic E-state index is 11.8. The Labute approximate surface area is 121 Å². The molecule has 2 aromatic rings. The number of carbonyl (C=O) groups excluding carboxylic acids is 1. The SMILES string of the molecule is O=C(COCc1ccccc1Br)Cc1ccccc1. The first-order chi connectivity index (χ1) is 9.25. The van der Waals surface area contributed by atoms with Crippen LogP contribution < -0.4 is 0 Å². The summed E-state index contributed by atoms with van der Waals surface area (Å²) in [6.07, 6.45) is 0.427. The van der Waals surface area contributed by atoms with Crippen molar-refractivity contribution in [2.75, 3.05) is 6.61 Å². The number of hydrogen-bond donors (Lipinski definition) is 0. The molecule has 0 bridgehead atoms. The molecule has 0 aromatic heterocycles. The first kappa shape index (κ1) is 14.0. The molecule has 0 amide bonds. The van der Waals surface area contributed by atoms with Gasteiger partial charge in [-0.1, -0.05) is 64.5 Å². The zero-order valence-electron chi connectivity index (χ0n) is 10.5. The van der Waals surface area contributed by atoms with Gasteiger partial charge in [0.1, 0.15) is 6.61 Å². The molecule has 3 heteroatoms. The first-order valence-corrected chi connectivity index (χ1v) is 6.92. The van der Waals surface area contributed by atoms with Crippen LogP contribution in [-0.4, -0.2) is 12.4 Å². The van der Waals surface area contributed by atoms with Crippen LogP contribution >= 0.6 is 15.9 Å².